The summed E-state index contributed by atoms with van der Waals surface area (Å²) in [5, 5.41) is 1.10. The van der Waals surface area contributed by atoms with Crippen molar-refractivity contribution in [2.75, 3.05) is 39.1 Å². The van der Waals surface area contributed by atoms with Crippen LogP contribution in [0.2, 0.25) is 0 Å². The molecule has 0 aliphatic heterocycles. The molecule has 1 aromatic carbocycles. The van der Waals surface area contributed by atoms with Crippen LogP contribution in [0.1, 0.15) is 12.7 Å². The monoisotopic (exact) mass is 270 g/mol. The Labute approximate surface area is 120 Å². The lowest BCUT2D eigenvalue weighted by Crippen LogP contribution is -2.29. The van der Waals surface area contributed by atoms with Crippen LogP contribution in [0.3, 0.4) is 0 Å². The molecule has 0 radical (unpaired) electrons. The van der Waals surface area contributed by atoms with Gasteiger partial charge in [-0.15, -0.1) is 0 Å². The van der Waals surface area contributed by atoms with Crippen molar-refractivity contribution in [3.8, 4) is 0 Å². The van der Waals surface area contributed by atoms with Gasteiger partial charge in [0.05, 0.1) is 5.52 Å². The zero-order valence-electron chi connectivity index (χ0n) is 12.7. The number of para-hydroxylation sites is 1. The molecule has 2 rings (SSSR count). The fourth-order valence-electron chi connectivity index (χ4n) is 2.05. The Hall–Kier alpha value is -1.94. The first kappa shape index (κ1) is 14.5. The quantitative estimate of drug-likeness (QED) is 0.836. The lowest BCUT2D eigenvalue weighted by atomic mass is 10.2. The highest BCUT2D eigenvalue weighted by atomic mass is 15.2. The predicted octanol–water partition coefficient (Wildman–Crippen LogP) is 2.66. The molecule has 4 nitrogen and oxygen atoms in total. The van der Waals surface area contributed by atoms with Gasteiger partial charge in [-0.05, 0) is 39.2 Å². The zero-order valence-corrected chi connectivity index (χ0v) is 12.7. The number of likely N-dealkylation sites (N-methyl/N-ethyl adjacent to an activating group) is 2. The summed E-state index contributed by atoms with van der Waals surface area (Å²) in [5.41, 5.74) is 0.988. The highest BCUT2D eigenvalue weighted by molar-refractivity contribution is 5.90. The molecule has 2 aromatic rings. The van der Waals surface area contributed by atoms with E-state index >= 15 is 0 Å². The summed E-state index contributed by atoms with van der Waals surface area (Å²) in [4.78, 5) is 13.6. The number of rotatable bonds is 5. The van der Waals surface area contributed by atoms with Gasteiger partial charge in [0, 0.05) is 25.5 Å². The maximum Gasteiger partial charge on any atom is 0.154 e. The third-order valence-corrected chi connectivity index (χ3v) is 3.16. The van der Waals surface area contributed by atoms with Gasteiger partial charge in [-0.2, -0.15) is 0 Å². The second kappa shape index (κ2) is 6.48. The molecule has 0 spiro atoms. The van der Waals surface area contributed by atoms with E-state index < -0.39 is 0 Å². The van der Waals surface area contributed by atoms with Crippen molar-refractivity contribution in [2.45, 2.75) is 6.92 Å². The Morgan fingerprint density at radius 2 is 1.80 bits per heavy atom. The van der Waals surface area contributed by atoms with Crippen LogP contribution in [0.25, 0.3) is 17.0 Å². The van der Waals surface area contributed by atoms with Crippen molar-refractivity contribution in [2.24, 2.45) is 0 Å². The highest BCUT2D eigenvalue weighted by Gasteiger charge is 2.10. The number of anilines is 1. The average Bonchev–Trinajstić information content (AvgIpc) is 2.44. The molecule has 0 fully saturated rings. The molecular weight excluding hydrogens is 248 g/mol. The first-order valence-corrected chi connectivity index (χ1v) is 6.87. The molecule has 1 heterocycles. The number of fused-ring (bicyclic) bond motifs is 1. The fraction of sp³-hybridized carbons (Fsp3) is 0.375. The summed E-state index contributed by atoms with van der Waals surface area (Å²) >= 11 is 0. The van der Waals surface area contributed by atoms with E-state index in [4.69, 9.17) is 0 Å². The summed E-state index contributed by atoms with van der Waals surface area (Å²) in [6.07, 6.45) is 3.91. The van der Waals surface area contributed by atoms with E-state index in [9.17, 15) is 0 Å². The molecule has 0 saturated heterocycles. The van der Waals surface area contributed by atoms with Gasteiger partial charge in [0.25, 0.3) is 0 Å². The summed E-state index contributed by atoms with van der Waals surface area (Å²) in [6.45, 7) is 3.91. The largest absolute Gasteiger partial charge is 0.358 e. The van der Waals surface area contributed by atoms with Crippen molar-refractivity contribution >= 4 is 22.8 Å². The Kier molecular flexibility index (Phi) is 4.69. The lowest BCUT2D eigenvalue weighted by Gasteiger charge is -2.22. The van der Waals surface area contributed by atoms with E-state index in [1.807, 2.05) is 37.3 Å². The maximum absolute atomic E-state index is 4.68. The first-order chi connectivity index (χ1) is 9.61. The molecule has 1 aromatic heterocycles. The predicted molar refractivity (Wildman–Crippen MR) is 86.1 cm³/mol. The number of aromatic nitrogens is 2. The van der Waals surface area contributed by atoms with Crippen LogP contribution >= 0.6 is 0 Å². The molecule has 0 unspecified atom stereocenters. The van der Waals surface area contributed by atoms with Crippen molar-refractivity contribution in [3.63, 3.8) is 0 Å². The zero-order chi connectivity index (χ0) is 14.5. The number of hydrogen-bond donors (Lipinski definition) is 0. The third kappa shape index (κ3) is 3.33. The van der Waals surface area contributed by atoms with E-state index in [2.05, 4.69) is 47.0 Å². The van der Waals surface area contributed by atoms with Crippen LogP contribution in [0.4, 0.5) is 5.82 Å². The molecule has 106 valence electrons. The highest BCUT2D eigenvalue weighted by Crippen LogP contribution is 2.23. The molecule has 0 aliphatic carbocycles. The molecule has 0 amide bonds. The van der Waals surface area contributed by atoms with E-state index in [1.165, 1.54) is 0 Å². The molecule has 0 bridgehead atoms. The van der Waals surface area contributed by atoms with E-state index in [-0.39, 0.29) is 0 Å². The normalized spacial score (nSPS) is 11.7. The van der Waals surface area contributed by atoms with Crippen LogP contribution in [-0.2, 0) is 0 Å². The maximum atomic E-state index is 4.68. The Morgan fingerprint density at radius 1 is 1.05 bits per heavy atom. The van der Waals surface area contributed by atoms with E-state index in [1.54, 1.807) is 0 Å². The van der Waals surface area contributed by atoms with E-state index in [0.29, 0.717) is 0 Å². The van der Waals surface area contributed by atoms with Crippen LogP contribution < -0.4 is 4.90 Å². The minimum atomic E-state index is 0.762. The molecular formula is C16H22N4. The summed E-state index contributed by atoms with van der Waals surface area (Å²) in [5.74, 6) is 1.75. The number of benzene rings is 1. The summed E-state index contributed by atoms with van der Waals surface area (Å²) < 4.78 is 0. The lowest BCUT2D eigenvalue weighted by molar-refractivity contribution is 0.416. The smallest absolute Gasteiger partial charge is 0.154 e. The third-order valence-electron chi connectivity index (χ3n) is 3.16. The van der Waals surface area contributed by atoms with Gasteiger partial charge in [0.2, 0.25) is 0 Å². The Bertz CT molecular complexity index is 604. The van der Waals surface area contributed by atoms with Gasteiger partial charge in [-0.3, -0.25) is 0 Å². The van der Waals surface area contributed by atoms with Gasteiger partial charge < -0.3 is 9.80 Å². The summed E-state index contributed by atoms with van der Waals surface area (Å²) in [6, 6.07) is 8.16. The van der Waals surface area contributed by atoms with Crippen LogP contribution in [0, 0.1) is 0 Å². The van der Waals surface area contributed by atoms with Gasteiger partial charge in [-0.1, -0.05) is 18.2 Å². The van der Waals surface area contributed by atoms with Crippen LogP contribution in [0.15, 0.2) is 30.3 Å². The molecule has 0 aliphatic rings. The minimum absolute atomic E-state index is 0.762. The topological polar surface area (TPSA) is 32.3 Å². The Morgan fingerprint density at radius 3 is 2.50 bits per heavy atom. The average molecular weight is 270 g/mol. The minimum Gasteiger partial charge on any atom is -0.358 e. The van der Waals surface area contributed by atoms with Crippen molar-refractivity contribution in [1.82, 2.24) is 14.9 Å². The van der Waals surface area contributed by atoms with Crippen molar-refractivity contribution < 1.29 is 0 Å². The van der Waals surface area contributed by atoms with Gasteiger partial charge in [0.1, 0.15) is 5.82 Å². The summed E-state index contributed by atoms with van der Waals surface area (Å²) in [7, 11) is 6.24. The molecule has 4 heteroatoms. The van der Waals surface area contributed by atoms with Gasteiger partial charge in [-0.25, -0.2) is 9.97 Å². The second-order valence-electron chi connectivity index (χ2n) is 5.15. The number of hydrogen-bond acceptors (Lipinski definition) is 4. The molecule has 0 saturated carbocycles. The van der Waals surface area contributed by atoms with Gasteiger partial charge in [0.15, 0.2) is 5.82 Å². The standard InChI is InChI=1S/C16H22N4/c1-5-8-15-17-14-10-7-6-9-13(14)16(18-15)20(4)12-11-19(2)3/h5-10H,11-12H2,1-4H3. The SMILES string of the molecule is CC=Cc1nc(N(C)CCN(C)C)c2ccccc2n1. The number of allylic oxidation sites excluding steroid dienone is 1. The van der Waals surface area contributed by atoms with Crippen LogP contribution in [0.5, 0.6) is 0 Å². The van der Waals surface area contributed by atoms with Gasteiger partial charge >= 0.3 is 0 Å². The number of nitrogens with zero attached hydrogens (tertiary/aromatic N) is 4. The fourth-order valence-corrected chi connectivity index (χ4v) is 2.05. The van der Waals surface area contributed by atoms with Crippen molar-refractivity contribution in [1.29, 1.82) is 0 Å². The van der Waals surface area contributed by atoms with Crippen molar-refractivity contribution in [3.05, 3.63) is 36.2 Å². The molecule has 20 heavy (non-hydrogen) atoms. The van der Waals surface area contributed by atoms with E-state index in [0.717, 1.165) is 35.6 Å². The second-order valence-corrected chi connectivity index (χ2v) is 5.15. The first-order valence-electron chi connectivity index (χ1n) is 6.87. The molecule has 0 atom stereocenters. The molecule has 0 N–H and O–H groups in total. The van der Waals surface area contributed by atoms with Crippen LogP contribution in [-0.4, -0.2) is 49.1 Å². The Balaban J connectivity index is 2.43.